The van der Waals surface area contributed by atoms with E-state index >= 15 is 0 Å². The maximum Gasteiger partial charge on any atom is 0.323 e. The third-order valence-electron chi connectivity index (χ3n) is 1.45. The molecule has 6 heteroatoms. The zero-order valence-corrected chi connectivity index (χ0v) is 8.88. The third kappa shape index (κ3) is 4.92. The van der Waals surface area contributed by atoms with E-state index in [0.29, 0.717) is 13.0 Å². The van der Waals surface area contributed by atoms with Crippen LogP contribution in [0.25, 0.3) is 0 Å². The highest BCUT2D eigenvalue weighted by atomic mass is 79.9. The van der Waals surface area contributed by atoms with Gasteiger partial charge in [0.2, 0.25) is 0 Å². The molecule has 0 saturated heterocycles. The summed E-state index contributed by atoms with van der Waals surface area (Å²) in [6.07, 6.45) is 2.09. The van der Waals surface area contributed by atoms with E-state index in [9.17, 15) is 4.79 Å². The van der Waals surface area contributed by atoms with Crippen LogP contribution in [0.1, 0.15) is 19.3 Å². The van der Waals surface area contributed by atoms with E-state index in [4.69, 9.17) is 22.6 Å². The molecule has 0 radical (unpaired) electrons. The fourth-order valence-corrected chi connectivity index (χ4v) is 1.35. The van der Waals surface area contributed by atoms with Crippen LogP contribution in [0.3, 0.4) is 0 Å². The Kier molecular flexibility index (Phi) is 6.74. The van der Waals surface area contributed by atoms with Gasteiger partial charge >= 0.3 is 5.97 Å². The number of carboxylic acids is 1. The molecule has 1 atom stereocenters. The highest BCUT2D eigenvalue weighted by molar-refractivity contribution is 9.08. The molecule has 0 amide bonds. The molecule has 0 spiro atoms. The van der Waals surface area contributed by atoms with Gasteiger partial charge in [0, 0.05) is 16.1 Å². The fourth-order valence-electron chi connectivity index (χ4n) is 0.787. The van der Waals surface area contributed by atoms with E-state index in [-0.39, 0.29) is 0 Å². The van der Waals surface area contributed by atoms with Gasteiger partial charge < -0.3 is 10.8 Å². The Hall–Kier alpha value is 0.160. The summed E-state index contributed by atoms with van der Waals surface area (Å²) in [5, 5.41) is 8.66. The van der Waals surface area contributed by atoms with Crippen molar-refractivity contribution in [1.82, 2.24) is 3.45 Å². The van der Waals surface area contributed by atoms with Gasteiger partial charge in [-0.05, 0) is 37.6 Å². The number of carbonyl (C=O) groups is 1. The number of aliphatic carboxylic acids is 1. The van der Waals surface area contributed by atoms with E-state index < -0.39 is 12.0 Å². The third-order valence-corrected chi connectivity index (χ3v) is 2.18. The van der Waals surface area contributed by atoms with E-state index in [1.165, 1.54) is 0 Å². The minimum atomic E-state index is -0.932. The summed E-state index contributed by atoms with van der Waals surface area (Å²) in [6, 6.07) is -0.682. The summed E-state index contributed by atoms with van der Waals surface area (Å²) < 4.78 is 1.01. The molecule has 0 aromatic carbocycles. The van der Waals surface area contributed by atoms with Crippen molar-refractivity contribution in [2.24, 2.45) is 5.73 Å². The molecule has 0 aliphatic carbocycles. The van der Waals surface area contributed by atoms with Crippen LogP contribution in [0.4, 0.5) is 0 Å². The van der Waals surface area contributed by atoms with Gasteiger partial charge in [-0.3, -0.25) is 4.79 Å². The first-order valence-corrected chi connectivity index (χ1v) is 4.68. The van der Waals surface area contributed by atoms with Gasteiger partial charge in [0.05, 0.1) is 0 Å². The number of nitrogens with zero attached hydrogens (tertiary/aromatic N) is 1. The summed E-state index contributed by atoms with van der Waals surface area (Å²) in [5.41, 5.74) is 5.26. The lowest BCUT2D eigenvalue weighted by Gasteiger charge is -2.14. The molecule has 0 rings (SSSR count). The van der Waals surface area contributed by atoms with Crippen molar-refractivity contribution in [2.75, 3.05) is 6.54 Å². The normalized spacial score (nSPS) is 13.3. The van der Waals surface area contributed by atoms with Crippen molar-refractivity contribution in [3.8, 4) is 0 Å². The van der Waals surface area contributed by atoms with Crippen molar-refractivity contribution in [3.05, 3.63) is 0 Å². The van der Waals surface area contributed by atoms with Crippen molar-refractivity contribution in [3.63, 3.8) is 0 Å². The van der Waals surface area contributed by atoms with Crippen LogP contribution in [-0.4, -0.2) is 27.1 Å². The Balaban J connectivity index is 3.72. The SMILES string of the molecule is NCCCCC(C(=O)O)N(Cl)Br. The zero-order chi connectivity index (χ0) is 9.56. The lowest BCUT2D eigenvalue weighted by molar-refractivity contribution is -0.140. The molecule has 72 valence electrons. The van der Waals surface area contributed by atoms with Gasteiger partial charge in [-0.1, -0.05) is 0 Å². The molecule has 3 N–H and O–H groups in total. The number of hydrogen-bond acceptors (Lipinski definition) is 3. The van der Waals surface area contributed by atoms with E-state index in [1.54, 1.807) is 0 Å². The quantitative estimate of drug-likeness (QED) is 0.558. The summed E-state index contributed by atoms with van der Waals surface area (Å²) in [6.45, 7) is 0.580. The van der Waals surface area contributed by atoms with E-state index in [2.05, 4.69) is 16.1 Å². The molecule has 0 aliphatic heterocycles. The molecule has 0 aromatic heterocycles. The van der Waals surface area contributed by atoms with Crippen LogP contribution in [0.2, 0.25) is 0 Å². The Morgan fingerprint density at radius 1 is 1.67 bits per heavy atom. The van der Waals surface area contributed by atoms with Crippen LogP contribution in [-0.2, 0) is 4.79 Å². The highest BCUT2D eigenvalue weighted by Gasteiger charge is 2.21. The average Bonchev–Trinajstić information content (AvgIpc) is 1.96. The lowest BCUT2D eigenvalue weighted by Crippen LogP contribution is -2.28. The smallest absolute Gasteiger partial charge is 0.323 e. The lowest BCUT2D eigenvalue weighted by atomic mass is 10.1. The second-order valence-corrected chi connectivity index (χ2v) is 3.93. The van der Waals surface area contributed by atoms with E-state index in [1.807, 2.05) is 0 Å². The van der Waals surface area contributed by atoms with Gasteiger partial charge in [-0.2, -0.15) is 0 Å². The molecule has 4 nitrogen and oxygen atoms in total. The molecule has 0 saturated carbocycles. The molecule has 0 bridgehead atoms. The maximum absolute atomic E-state index is 10.5. The van der Waals surface area contributed by atoms with Gasteiger partial charge in [0.25, 0.3) is 0 Å². The molecule has 0 aromatic rings. The second-order valence-electron chi connectivity index (χ2n) is 2.40. The van der Waals surface area contributed by atoms with Gasteiger partial charge in [0.15, 0.2) is 0 Å². The summed E-state index contributed by atoms with van der Waals surface area (Å²) in [7, 11) is 0. The summed E-state index contributed by atoms with van der Waals surface area (Å²) in [5.74, 6) is -0.932. The Morgan fingerprint density at radius 2 is 2.25 bits per heavy atom. The number of unbranched alkanes of at least 4 members (excludes halogenated alkanes) is 1. The van der Waals surface area contributed by atoms with Crippen LogP contribution >= 0.6 is 27.9 Å². The minimum Gasteiger partial charge on any atom is -0.480 e. The average molecular weight is 260 g/mol. The van der Waals surface area contributed by atoms with Gasteiger partial charge in [-0.15, -0.1) is 3.45 Å². The molecule has 12 heavy (non-hydrogen) atoms. The van der Waals surface area contributed by atoms with Crippen LogP contribution in [0, 0.1) is 0 Å². The Labute approximate surface area is 85.1 Å². The zero-order valence-electron chi connectivity index (χ0n) is 6.54. The topological polar surface area (TPSA) is 66.6 Å². The molecular weight excluding hydrogens is 247 g/mol. The van der Waals surface area contributed by atoms with Crippen LogP contribution in [0.5, 0.6) is 0 Å². The largest absolute Gasteiger partial charge is 0.480 e. The number of halogens is 2. The van der Waals surface area contributed by atoms with Crippen molar-refractivity contribution in [1.29, 1.82) is 0 Å². The number of hydrogen-bond donors (Lipinski definition) is 2. The van der Waals surface area contributed by atoms with Gasteiger partial charge in [-0.25, -0.2) is 0 Å². The molecule has 1 unspecified atom stereocenters. The van der Waals surface area contributed by atoms with Crippen molar-refractivity contribution < 1.29 is 9.90 Å². The first kappa shape index (κ1) is 12.2. The first-order chi connectivity index (χ1) is 5.59. The number of carboxylic acid groups (broad SMARTS) is 1. The van der Waals surface area contributed by atoms with Crippen LogP contribution in [0.15, 0.2) is 0 Å². The standard InChI is InChI=1S/C6H12BrClN2O2/c7-10(8)5(6(11)12)3-1-2-4-9/h5H,1-4,9H2,(H,11,12). The van der Waals surface area contributed by atoms with Gasteiger partial charge in [0.1, 0.15) is 6.04 Å². The summed E-state index contributed by atoms with van der Waals surface area (Å²) >= 11 is 8.34. The Bertz CT molecular complexity index is 146. The molecule has 0 aliphatic rings. The first-order valence-electron chi connectivity index (χ1n) is 3.63. The monoisotopic (exact) mass is 258 g/mol. The molecule has 0 fully saturated rings. The van der Waals surface area contributed by atoms with Crippen molar-refractivity contribution >= 4 is 33.9 Å². The maximum atomic E-state index is 10.5. The fraction of sp³-hybridized carbons (Fsp3) is 0.833. The molecular formula is C6H12BrClN2O2. The summed E-state index contributed by atoms with van der Waals surface area (Å²) in [4.78, 5) is 10.5. The number of nitrogens with two attached hydrogens (primary N) is 1. The second kappa shape index (κ2) is 6.65. The highest BCUT2D eigenvalue weighted by Crippen LogP contribution is 2.15. The van der Waals surface area contributed by atoms with Crippen LogP contribution < -0.4 is 5.73 Å². The minimum absolute atomic E-state index is 0.501. The predicted octanol–water partition coefficient (Wildman–Crippen LogP) is 1.33. The van der Waals surface area contributed by atoms with E-state index in [0.717, 1.165) is 16.3 Å². The number of rotatable bonds is 6. The van der Waals surface area contributed by atoms with Crippen molar-refractivity contribution in [2.45, 2.75) is 25.3 Å². The predicted molar refractivity (Wildman–Crippen MR) is 50.9 cm³/mol. The molecule has 0 heterocycles. The Morgan fingerprint density at radius 3 is 2.58 bits per heavy atom.